The van der Waals surface area contributed by atoms with Crippen molar-refractivity contribution in [3.05, 3.63) is 84.6 Å². The van der Waals surface area contributed by atoms with Crippen molar-refractivity contribution in [3.8, 4) is 46.4 Å². The number of H-pyrrole nitrogens is 2. The van der Waals surface area contributed by atoms with Crippen LogP contribution in [0.3, 0.4) is 0 Å². The fourth-order valence-electron chi connectivity index (χ4n) is 4.99. The molecule has 5 aromatic rings. The lowest BCUT2D eigenvalue weighted by Gasteiger charge is -2.07. The van der Waals surface area contributed by atoms with Crippen molar-refractivity contribution in [2.45, 2.75) is 38.8 Å². The van der Waals surface area contributed by atoms with Crippen molar-refractivity contribution in [2.75, 3.05) is 13.1 Å². The van der Waals surface area contributed by atoms with Crippen molar-refractivity contribution < 1.29 is 0 Å². The zero-order valence-electron chi connectivity index (χ0n) is 21.8. The van der Waals surface area contributed by atoms with Crippen molar-refractivity contribution in [2.24, 2.45) is 0 Å². The van der Waals surface area contributed by atoms with Crippen LogP contribution >= 0.6 is 0 Å². The number of aromatic amines is 2. The summed E-state index contributed by atoms with van der Waals surface area (Å²) in [4.78, 5) is 16.3. The summed E-state index contributed by atoms with van der Waals surface area (Å²) in [6.07, 6.45) is 13.4. The molecule has 0 unspecified atom stereocenters. The van der Waals surface area contributed by atoms with Gasteiger partial charge in [0.1, 0.15) is 11.6 Å². The monoisotopic (exact) mass is 502 g/mol. The van der Waals surface area contributed by atoms with E-state index in [4.69, 9.17) is 4.98 Å². The van der Waals surface area contributed by atoms with Gasteiger partial charge < -0.3 is 20.6 Å². The lowest BCUT2D eigenvalue weighted by Crippen LogP contribution is -2.14. The molecule has 1 saturated heterocycles. The summed E-state index contributed by atoms with van der Waals surface area (Å²) in [5.41, 5.74) is 9.10. The van der Waals surface area contributed by atoms with Crippen LogP contribution in [0.4, 0.5) is 0 Å². The van der Waals surface area contributed by atoms with Crippen LogP contribution in [0.1, 0.15) is 43.9 Å². The van der Waals surface area contributed by atoms with Gasteiger partial charge in [0.05, 0.1) is 35.5 Å². The third kappa shape index (κ3) is 5.55. The van der Waals surface area contributed by atoms with Gasteiger partial charge in [0.2, 0.25) is 0 Å². The van der Waals surface area contributed by atoms with E-state index in [1.165, 1.54) is 28.7 Å². The van der Waals surface area contributed by atoms with Gasteiger partial charge in [-0.3, -0.25) is 0 Å². The molecule has 192 valence electrons. The minimum Gasteiger partial charge on any atom is -0.341 e. The quantitative estimate of drug-likeness (QED) is 0.145. The molecule has 1 aliphatic heterocycles. The highest BCUT2D eigenvalue weighted by Gasteiger charge is 2.19. The zero-order valence-corrected chi connectivity index (χ0v) is 21.8. The number of nitrogens with one attached hydrogen (secondary N) is 4. The SMILES string of the molecule is C#C.CCCNCc1nc2ccc(-c3ccc(-c4ccc(-c5cnc([C@@H]6CCCN6)[nH]5)cc4)cc3)cc2[nH]1. The van der Waals surface area contributed by atoms with E-state index in [1.54, 1.807) is 0 Å². The van der Waals surface area contributed by atoms with Crippen molar-refractivity contribution in [1.82, 2.24) is 30.6 Å². The molecule has 0 radical (unpaired) electrons. The topological polar surface area (TPSA) is 81.4 Å². The second-order valence-electron chi connectivity index (χ2n) is 9.58. The minimum absolute atomic E-state index is 0.357. The number of aromatic nitrogens is 4. The number of hydrogen-bond donors (Lipinski definition) is 4. The number of rotatable bonds is 8. The van der Waals surface area contributed by atoms with E-state index in [9.17, 15) is 0 Å². The van der Waals surface area contributed by atoms with Gasteiger partial charge in [0.15, 0.2) is 0 Å². The Hall–Kier alpha value is -4.18. The van der Waals surface area contributed by atoms with Gasteiger partial charge in [-0.1, -0.05) is 61.5 Å². The zero-order chi connectivity index (χ0) is 26.3. The highest BCUT2D eigenvalue weighted by atomic mass is 15.0. The summed E-state index contributed by atoms with van der Waals surface area (Å²) < 4.78 is 0. The van der Waals surface area contributed by atoms with E-state index in [2.05, 4.69) is 112 Å². The van der Waals surface area contributed by atoms with E-state index < -0.39 is 0 Å². The largest absolute Gasteiger partial charge is 0.341 e. The molecule has 0 saturated carbocycles. The average Bonchev–Trinajstić information content (AvgIpc) is 3.75. The first-order chi connectivity index (χ1) is 18.8. The number of hydrogen-bond acceptors (Lipinski definition) is 4. The summed E-state index contributed by atoms with van der Waals surface area (Å²) in [5.74, 6) is 2.02. The minimum atomic E-state index is 0.357. The molecular weight excluding hydrogens is 468 g/mol. The fraction of sp³-hybridized carbons (Fsp3) is 0.250. The van der Waals surface area contributed by atoms with Crippen LogP contribution in [0.2, 0.25) is 0 Å². The highest BCUT2D eigenvalue weighted by molar-refractivity contribution is 5.82. The fourth-order valence-corrected chi connectivity index (χ4v) is 4.99. The molecule has 6 nitrogen and oxygen atoms in total. The van der Waals surface area contributed by atoms with Gasteiger partial charge in [-0.2, -0.15) is 0 Å². The summed E-state index contributed by atoms with van der Waals surface area (Å²) in [5, 5.41) is 6.91. The van der Waals surface area contributed by atoms with Crippen molar-refractivity contribution in [3.63, 3.8) is 0 Å². The molecule has 4 N–H and O–H groups in total. The Morgan fingerprint density at radius 1 is 0.868 bits per heavy atom. The molecule has 6 rings (SSSR count). The van der Waals surface area contributed by atoms with Gasteiger partial charge in [-0.05, 0) is 72.3 Å². The van der Waals surface area contributed by atoms with Crippen LogP contribution in [0.25, 0.3) is 44.5 Å². The number of benzene rings is 3. The van der Waals surface area contributed by atoms with Gasteiger partial charge in [-0.25, -0.2) is 9.97 Å². The molecule has 0 aliphatic carbocycles. The Morgan fingerprint density at radius 3 is 2.18 bits per heavy atom. The Morgan fingerprint density at radius 2 is 1.53 bits per heavy atom. The van der Waals surface area contributed by atoms with Crippen LogP contribution in [0, 0.1) is 12.8 Å². The second-order valence-corrected chi connectivity index (χ2v) is 9.58. The first kappa shape index (κ1) is 25.5. The Kier molecular flexibility index (Phi) is 7.98. The third-order valence-corrected chi connectivity index (χ3v) is 6.98. The van der Waals surface area contributed by atoms with Gasteiger partial charge in [0.25, 0.3) is 0 Å². The molecule has 38 heavy (non-hydrogen) atoms. The van der Waals surface area contributed by atoms with Gasteiger partial charge in [0, 0.05) is 0 Å². The molecule has 0 bridgehead atoms. The van der Waals surface area contributed by atoms with E-state index >= 15 is 0 Å². The molecular formula is C32H34N6. The van der Waals surface area contributed by atoms with E-state index in [0.717, 1.165) is 66.4 Å². The molecule has 0 amide bonds. The molecule has 1 aliphatic rings. The molecule has 3 aromatic carbocycles. The van der Waals surface area contributed by atoms with Gasteiger partial charge in [-0.15, -0.1) is 12.8 Å². The molecule has 2 aromatic heterocycles. The predicted octanol–water partition coefficient (Wildman–Crippen LogP) is 6.46. The average molecular weight is 503 g/mol. The van der Waals surface area contributed by atoms with E-state index in [-0.39, 0.29) is 0 Å². The van der Waals surface area contributed by atoms with Crippen LogP contribution < -0.4 is 10.6 Å². The number of imidazole rings is 2. The third-order valence-electron chi connectivity index (χ3n) is 6.98. The molecule has 1 atom stereocenters. The van der Waals surface area contributed by atoms with Crippen LogP contribution in [0.15, 0.2) is 72.9 Å². The van der Waals surface area contributed by atoms with Gasteiger partial charge >= 0.3 is 0 Å². The van der Waals surface area contributed by atoms with Crippen molar-refractivity contribution >= 4 is 11.0 Å². The molecule has 0 spiro atoms. The van der Waals surface area contributed by atoms with Crippen LogP contribution in [-0.2, 0) is 6.54 Å². The highest BCUT2D eigenvalue weighted by Crippen LogP contribution is 2.29. The number of nitrogens with zero attached hydrogens (tertiary/aromatic N) is 2. The predicted molar refractivity (Wildman–Crippen MR) is 156 cm³/mol. The molecule has 6 heteroatoms. The number of fused-ring (bicyclic) bond motifs is 1. The Labute approximate surface area is 224 Å². The maximum atomic E-state index is 4.70. The lowest BCUT2D eigenvalue weighted by molar-refractivity contribution is 0.613. The second kappa shape index (κ2) is 11.9. The smallest absolute Gasteiger partial charge is 0.123 e. The van der Waals surface area contributed by atoms with E-state index in [1.807, 2.05) is 6.20 Å². The normalized spacial score (nSPS) is 14.9. The number of terminal acetylenes is 1. The maximum Gasteiger partial charge on any atom is 0.123 e. The van der Waals surface area contributed by atoms with Crippen LogP contribution in [0.5, 0.6) is 0 Å². The summed E-state index contributed by atoms with van der Waals surface area (Å²) in [6, 6.07) is 24.3. The molecule has 3 heterocycles. The van der Waals surface area contributed by atoms with Crippen molar-refractivity contribution in [1.29, 1.82) is 0 Å². The van der Waals surface area contributed by atoms with E-state index in [0.29, 0.717) is 6.04 Å². The first-order valence-corrected chi connectivity index (χ1v) is 13.3. The maximum absolute atomic E-state index is 4.70. The molecule has 1 fully saturated rings. The standard InChI is InChI=1S/C30H32N6.C2H2/c1-2-15-31-19-29-34-25-14-13-24(17-27(25)35-29)22-7-5-20(6-8-22)21-9-11-23(12-10-21)28-18-33-30(36-28)26-4-3-16-32-26;1-2/h5-14,17-18,26,31-32H,2-4,15-16,19H2,1H3,(H,33,36)(H,34,35);1-2H/t26-;/m0./s1. The summed E-state index contributed by atoms with van der Waals surface area (Å²) in [6.45, 7) is 5.01. The Balaban J connectivity index is 0.00000144. The van der Waals surface area contributed by atoms with Crippen LogP contribution in [-0.4, -0.2) is 33.0 Å². The first-order valence-electron chi connectivity index (χ1n) is 13.3. The summed E-state index contributed by atoms with van der Waals surface area (Å²) >= 11 is 0. The summed E-state index contributed by atoms with van der Waals surface area (Å²) in [7, 11) is 0. The lowest BCUT2D eigenvalue weighted by atomic mass is 9.99. The Bertz CT molecular complexity index is 1480.